The van der Waals surface area contributed by atoms with Gasteiger partial charge in [-0.1, -0.05) is 0 Å². The van der Waals surface area contributed by atoms with Crippen LogP contribution in [0, 0.1) is 0 Å². The van der Waals surface area contributed by atoms with Crippen molar-refractivity contribution in [3.63, 3.8) is 0 Å². The quantitative estimate of drug-likeness (QED) is 0.843. The van der Waals surface area contributed by atoms with Crippen LogP contribution in [0.5, 0.6) is 0 Å². The highest BCUT2D eigenvalue weighted by molar-refractivity contribution is 7.91. The Kier molecular flexibility index (Phi) is 4.39. The van der Waals surface area contributed by atoms with Crippen molar-refractivity contribution < 1.29 is 13.2 Å². The molecule has 2 aromatic rings. The van der Waals surface area contributed by atoms with Gasteiger partial charge in [0.15, 0.2) is 0 Å². The van der Waals surface area contributed by atoms with E-state index in [4.69, 9.17) is 4.74 Å². The molecule has 0 bridgehead atoms. The number of nitrogens with zero attached hydrogens (tertiary/aromatic N) is 1. The first-order chi connectivity index (χ1) is 10.5. The topological polar surface area (TPSA) is 101 Å². The maximum atomic E-state index is 12.3. The summed E-state index contributed by atoms with van der Waals surface area (Å²) in [5.74, 6) is 0. The second-order valence-electron chi connectivity index (χ2n) is 4.95. The lowest BCUT2D eigenvalue weighted by atomic mass is 10.2. The molecular weight excluding hydrogens is 326 g/mol. The molecule has 118 valence electrons. The van der Waals surface area contributed by atoms with Gasteiger partial charge in [0.05, 0.1) is 11.8 Å². The van der Waals surface area contributed by atoms with Crippen molar-refractivity contribution in [1.29, 1.82) is 0 Å². The van der Waals surface area contributed by atoms with Crippen LogP contribution in [0.2, 0.25) is 0 Å². The number of hydrogen-bond acceptors (Lipinski definition) is 6. The van der Waals surface area contributed by atoms with Gasteiger partial charge in [0.1, 0.15) is 4.21 Å². The molecule has 3 heterocycles. The van der Waals surface area contributed by atoms with Crippen molar-refractivity contribution in [1.82, 2.24) is 14.9 Å². The van der Waals surface area contributed by atoms with Gasteiger partial charge in [-0.15, -0.1) is 11.3 Å². The molecule has 1 aliphatic rings. The number of ether oxygens (including phenoxy) is 1. The molecule has 0 aromatic carbocycles. The van der Waals surface area contributed by atoms with E-state index in [-0.39, 0.29) is 22.4 Å². The molecule has 1 fully saturated rings. The molecule has 2 N–H and O–H groups in total. The van der Waals surface area contributed by atoms with Gasteiger partial charge in [-0.05, 0) is 25.0 Å². The first-order valence-corrected chi connectivity index (χ1v) is 9.17. The fraction of sp³-hybridized carbons (Fsp3) is 0.385. The van der Waals surface area contributed by atoms with E-state index in [2.05, 4.69) is 14.9 Å². The SMILES string of the molecule is O=c1ccc(-c2csc(S(=O)(=O)NC[C@H]3CCCO3)c2)n[nH]1. The fourth-order valence-corrected chi connectivity index (χ4v) is 4.46. The Morgan fingerprint density at radius 2 is 2.32 bits per heavy atom. The minimum Gasteiger partial charge on any atom is -0.377 e. The lowest BCUT2D eigenvalue weighted by molar-refractivity contribution is 0.114. The average Bonchev–Trinajstić information content (AvgIpc) is 3.18. The molecule has 0 amide bonds. The molecule has 0 radical (unpaired) electrons. The molecule has 0 saturated carbocycles. The molecule has 2 aromatic heterocycles. The van der Waals surface area contributed by atoms with Gasteiger partial charge in [-0.25, -0.2) is 18.2 Å². The Bertz CT molecular complexity index is 786. The van der Waals surface area contributed by atoms with E-state index in [1.165, 1.54) is 6.07 Å². The lowest BCUT2D eigenvalue weighted by Gasteiger charge is -2.10. The van der Waals surface area contributed by atoms with Crippen molar-refractivity contribution in [2.45, 2.75) is 23.2 Å². The van der Waals surface area contributed by atoms with E-state index in [1.807, 2.05) is 0 Å². The summed E-state index contributed by atoms with van der Waals surface area (Å²) in [7, 11) is -3.55. The third-order valence-electron chi connectivity index (χ3n) is 3.34. The largest absolute Gasteiger partial charge is 0.377 e. The van der Waals surface area contributed by atoms with Gasteiger partial charge in [0.25, 0.3) is 5.56 Å². The van der Waals surface area contributed by atoms with E-state index in [0.717, 1.165) is 24.2 Å². The lowest BCUT2D eigenvalue weighted by Crippen LogP contribution is -2.31. The molecule has 7 nitrogen and oxygen atoms in total. The maximum Gasteiger partial charge on any atom is 0.264 e. The average molecular weight is 341 g/mol. The van der Waals surface area contributed by atoms with Crippen LogP contribution in [0.25, 0.3) is 11.3 Å². The number of H-pyrrole nitrogens is 1. The van der Waals surface area contributed by atoms with Crippen molar-refractivity contribution in [3.05, 3.63) is 33.9 Å². The van der Waals surface area contributed by atoms with E-state index in [9.17, 15) is 13.2 Å². The van der Waals surface area contributed by atoms with Gasteiger partial charge in [0.2, 0.25) is 10.0 Å². The normalized spacial score (nSPS) is 18.6. The number of aromatic amines is 1. The zero-order chi connectivity index (χ0) is 15.6. The molecule has 9 heteroatoms. The number of aromatic nitrogens is 2. The van der Waals surface area contributed by atoms with E-state index < -0.39 is 10.0 Å². The van der Waals surface area contributed by atoms with Crippen molar-refractivity contribution in [3.8, 4) is 11.3 Å². The van der Waals surface area contributed by atoms with Crippen LogP contribution < -0.4 is 10.3 Å². The summed E-state index contributed by atoms with van der Waals surface area (Å²) in [6.07, 6.45) is 1.79. The zero-order valence-corrected chi connectivity index (χ0v) is 13.2. The van der Waals surface area contributed by atoms with Crippen LogP contribution in [0.3, 0.4) is 0 Å². The summed E-state index contributed by atoms with van der Waals surface area (Å²) < 4.78 is 32.7. The molecule has 22 heavy (non-hydrogen) atoms. The van der Waals surface area contributed by atoms with Crippen LogP contribution in [0.1, 0.15) is 12.8 Å². The second kappa shape index (κ2) is 6.29. The third-order valence-corrected chi connectivity index (χ3v) is 6.20. The summed E-state index contributed by atoms with van der Waals surface area (Å²) in [6, 6.07) is 4.45. The number of hydrogen-bond donors (Lipinski definition) is 2. The monoisotopic (exact) mass is 341 g/mol. The number of sulfonamides is 1. The molecule has 1 saturated heterocycles. The van der Waals surface area contributed by atoms with Crippen LogP contribution in [0.4, 0.5) is 0 Å². The first-order valence-electron chi connectivity index (χ1n) is 6.80. The highest BCUT2D eigenvalue weighted by Crippen LogP contribution is 2.26. The highest BCUT2D eigenvalue weighted by Gasteiger charge is 2.21. The summed E-state index contributed by atoms with van der Waals surface area (Å²) in [4.78, 5) is 11.0. The molecule has 0 aliphatic carbocycles. The summed E-state index contributed by atoms with van der Waals surface area (Å²) in [5, 5.41) is 7.91. The molecule has 1 aliphatic heterocycles. The standard InChI is InChI=1S/C13H15N3O4S2/c17-12-4-3-11(15-16-12)9-6-13(21-8-9)22(18,19)14-7-10-2-1-5-20-10/h3-4,6,8,10,14H,1-2,5,7H2,(H,16,17)/t10-/m1/s1. The van der Waals surface area contributed by atoms with Crippen molar-refractivity contribution >= 4 is 21.4 Å². The molecule has 1 atom stereocenters. The van der Waals surface area contributed by atoms with Crippen LogP contribution in [0.15, 0.2) is 32.6 Å². The number of thiophene rings is 1. The summed E-state index contributed by atoms with van der Waals surface area (Å²) in [6.45, 7) is 0.972. The maximum absolute atomic E-state index is 12.3. The number of nitrogens with one attached hydrogen (secondary N) is 2. The van der Waals surface area contributed by atoms with E-state index >= 15 is 0 Å². The minimum absolute atomic E-state index is 0.0462. The minimum atomic E-state index is -3.55. The van der Waals surface area contributed by atoms with Gasteiger partial charge < -0.3 is 4.74 Å². The second-order valence-corrected chi connectivity index (χ2v) is 7.85. The molecule has 0 unspecified atom stereocenters. The Morgan fingerprint density at radius 1 is 1.45 bits per heavy atom. The van der Waals surface area contributed by atoms with Crippen LogP contribution in [-0.4, -0.2) is 37.9 Å². The predicted molar refractivity (Wildman–Crippen MR) is 82.3 cm³/mol. The summed E-state index contributed by atoms with van der Waals surface area (Å²) >= 11 is 1.11. The van der Waals surface area contributed by atoms with Crippen LogP contribution in [-0.2, 0) is 14.8 Å². The Labute approximate surface area is 131 Å². The van der Waals surface area contributed by atoms with Crippen molar-refractivity contribution in [2.75, 3.05) is 13.2 Å². The Hall–Kier alpha value is -1.55. The highest BCUT2D eigenvalue weighted by atomic mass is 32.2. The van der Waals surface area contributed by atoms with Gasteiger partial charge >= 0.3 is 0 Å². The zero-order valence-electron chi connectivity index (χ0n) is 11.6. The van der Waals surface area contributed by atoms with Gasteiger partial charge in [0, 0.05) is 30.2 Å². The predicted octanol–water partition coefficient (Wildman–Crippen LogP) is 0.956. The Morgan fingerprint density at radius 3 is 3.00 bits per heavy atom. The van der Waals surface area contributed by atoms with E-state index in [0.29, 0.717) is 17.9 Å². The van der Waals surface area contributed by atoms with E-state index in [1.54, 1.807) is 17.5 Å². The van der Waals surface area contributed by atoms with Gasteiger partial charge in [-0.2, -0.15) is 5.10 Å². The Balaban J connectivity index is 1.74. The number of rotatable bonds is 5. The fourth-order valence-electron chi connectivity index (χ4n) is 2.18. The smallest absolute Gasteiger partial charge is 0.264 e. The third kappa shape index (κ3) is 3.43. The van der Waals surface area contributed by atoms with Gasteiger partial charge in [-0.3, -0.25) is 4.79 Å². The van der Waals surface area contributed by atoms with Crippen molar-refractivity contribution in [2.24, 2.45) is 0 Å². The molecule has 3 rings (SSSR count). The van der Waals surface area contributed by atoms with Crippen LogP contribution >= 0.6 is 11.3 Å². The molecular formula is C13H15N3O4S2. The molecule has 0 spiro atoms. The summed E-state index contributed by atoms with van der Waals surface area (Å²) in [5.41, 5.74) is 0.875. The first kappa shape index (κ1) is 15.3.